The van der Waals surface area contributed by atoms with E-state index >= 15 is 0 Å². The lowest BCUT2D eigenvalue weighted by atomic mass is 10.0. The summed E-state index contributed by atoms with van der Waals surface area (Å²) in [5, 5.41) is 20.8. The Morgan fingerprint density at radius 1 is 1.24 bits per heavy atom. The third-order valence-electron chi connectivity index (χ3n) is 3.45. The predicted octanol–water partition coefficient (Wildman–Crippen LogP) is 1.44. The summed E-state index contributed by atoms with van der Waals surface area (Å²) in [5.41, 5.74) is 8.33. The Morgan fingerprint density at radius 2 is 2.00 bits per heavy atom. The molecule has 0 unspecified atom stereocenters. The highest BCUT2D eigenvalue weighted by molar-refractivity contribution is 6.01. The van der Waals surface area contributed by atoms with Crippen molar-refractivity contribution in [3.63, 3.8) is 0 Å². The van der Waals surface area contributed by atoms with Gasteiger partial charge in [-0.15, -0.1) is 5.10 Å². The third-order valence-corrected chi connectivity index (χ3v) is 3.45. The number of rotatable bonds is 5. The van der Waals surface area contributed by atoms with Gasteiger partial charge in [-0.1, -0.05) is 25.9 Å². The smallest absolute Gasteiger partial charge is 0.174 e. The molecule has 3 N–H and O–H groups in total. The van der Waals surface area contributed by atoms with Gasteiger partial charge < -0.3 is 10.9 Å². The number of nitrogens with zero attached hydrogens (tertiary/aromatic N) is 5. The third kappa shape index (κ3) is 2.58. The summed E-state index contributed by atoms with van der Waals surface area (Å²) in [6.07, 6.45) is 5.74. The minimum atomic E-state index is 0.0437. The number of imidazole rings is 1. The van der Waals surface area contributed by atoms with Gasteiger partial charge in [-0.05, 0) is 18.4 Å². The quantitative estimate of drug-likeness (QED) is 0.375. The van der Waals surface area contributed by atoms with Crippen LogP contribution >= 0.6 is 0 Å². The number of oxime groups is 1. The zero-order valence-corrected chi connectivity index (χ0v) is 12.5. The summed E-state index contributed by atoms with van der Waals surface area (Å²) < 4.78 is 1.83. The number of amidine groups is 1. The van der Waals surface area contributed by atoms with Crippen LogP contribution in [0.2, 0.25) is 0 Å². The van der Waals surface area contributed by atoms with Crippen LogP contribution in [0.3, 0.4) is 0 Å². The van der Waals surface area contributed by atoms with E-state index in [0.717, 1.165) is 36.3 Å². The van der Waals surface area contributed by atoms with Gasteiger partial charge in [-0.2, -0.15) is 5.10 Å². The second-order valence-electron chi connectivity index (χ2n) is 4.58. The van der Waals surface area contributed by atoms with Crippen molar-refractivity contribution in [2.45, 2.75) is 40.0 Å². The molecule has 112 valence electrons. The molecule has 0 amide bonds. The molecular weight excluding hydrogens is 268 g/mol. The molecule has 2 aromatic heterocycles. The highest BCUT2D eigenvalue weighted by atomic mass is 16.4. The first-order valence-electron chi connectivity index (χ1n) is 7.06. The molecule has 0 spiro atoms. The molecule has 2 aromatic rings. The molecule has 7 heteroatoms. The Morgan fingerprint density at radius 3 is 2.57 bits per heavy atom. The average Bonchev–Trinajstić information content (AvgIpc) is 3.00. The molecule has 2 heterocycles. The van der Waals surface area contributed by atoms with Crippen molar-refractivity contribution in [2.75, 3.05) is 0 Å². The van der Waals surface area contributed by atoms with E-state index in [4.69, 9.17) is 10.9 Å². The highest BCUT2D eigenvalue weighted by Crippen LogP contribution is 2.21. The monoisotopic (exact) mass is 288 g/mol. The molecule has 0 atom stereocenters. The molecule has 0 aromatic carbocycles. The Labute approximate surface area is 123 Å². The molecule has 0 radical (unpaired) electrons. The molecule has 7 nitrogen and oxygen atoms in total. The van der Waals surface area contributed by atoms with Crippen LogP contribution in [0.25, 0.3) is 5.82 Å². The fourth-order valence-electron chi connectivity index (χ4n) is 2.44. The lowest BCUT2D eigenvalue weighted by Crippen LogP contribution is -2.22. The van der Waals surface area contributed by atoms with Gasteiger partial charge in [-0.25, -0.2) is 4.98 Å². The largest absolute Gasteiger partial charge is 0.409 e. The minimum Gasteiger partial charge on any atom is -0.409 e. The van der Waals surface area contributed by atoms with E-state index in [2.05, 4.69) is 20.3 Å². The summed E-state index contributed by atoms with van der Waals surface area (Å²) in [5.74, 6) is 1.44. The molecule has 0 aliphatic carbocycles. The van der Waals surface area contributed by atoms with Gasteiger partial charge >= 0.3 is 0 Å². The maximum absolute atomic E-state index is 9.11. The van der Waals surface area contributed by atoms with Crippen LogP contribution in [0, 0.1) is 0 Å². The van der Waals surface area contributed by atoms with E-state index in [-0.39, 0.29) is 5.84 Å². The summed E-state index contributed by atoms with van der Waals surface area (Å²) in [7, 11) is 0. The van der Waals surface area contributed by atoms with E-state index in [0.29, 0.717) is 11.4 Å². The first-order chi connectivity index (χ1) is 10.2. The van der Waals surface area contributed by atoms with Gasteiger partial charge in [0.1, 0.15) is 5.82 Å². The number of hydrogen-bond acceptors (Lipinski definition) is 5. The lowest BCUT2D eigenvalue weighted by Gasteiger charge is -2.15. The van der Waals surface area contributed by atoms with Crippen molar-refractivity contribution in [1.29, 1.82) is 0 Å². The first kappa shape index (κ1) is 15.0. The topological polar surface area (TPSA) is 102 Å². The van der Waals surface area contributed by atoms with Crippen LogP contribution in [0.1, 0.15) is 43.4 Å². The molecule has 0 fully saturated rings. The Kier molecular flexibility index (Phi) is 4.52. The fourth-order valence-corrected chi connectivity index (χ4v) is 2.44. The summed E-state index contributed by atoms with van der Waals surface area (Å²) in [6.45, 7) is 6.03. The van der Waals surface area contributed by atoms with E-state index < -0.39 is 0 Å². The zero-order chi connectivity index (χ0) is 15.4. The maximum atomic E-state index is 9.11. The Balaban J connectivity index is 2.77. The van der Waals surface area contributed by atoms with Crippen LogP contribution in [0.5, 0.6) is 0 Å². The highest BCUT2D eigenvalue weighted by Gasteiger charge is 2.20. The van der Waals surface area contributed by atoms with Gasteiger partial charge in [0, 0.05) is 18.8 Å². The number of aryl methyl sites for hydroxylation is 2. The second-order valence-corrected chi connectivity index (χ2v) is 4.58. The van der Waals surface area contributed by atoms with Crippen LogP contribution in [0.4, 0.5) is 0 Å². The van der Waals surface area contributed by atoms with Crippen molar-refractivity contribution >= 4 is 5.84 Å². The molecule has 0 saturated carbocycles. The molecule has 0 saturated heterocycles. The number of nitrogens with two attached hydrogens (primary N) is 1. The van der Waals surface area contributed by atoms with Crippen LogP contribution in [-0.4, -0.2) is 30.8 Å². The standard InChI is InChI=1S/C14H20N6O/c1-4-9-10(5-2)17-18-14(12(9)13(15)19-21)20-8-7-16-11(20)6-3/h7-8,21H,4-6H2,1-3H3,(H2,15,19). The molecule has 0 aliphatic rings. The molecule has 21 heavy (non-hydrogen) atoms. The minimum absolute atomic E-state index is 0.0437. The van der Waals surface area contributed by atoms with Crippen molar-refractivity contribution in [2.24, 2.45) is 10.9 Å². The molecule has 0 bridgehead atoms. The van der Waals surface area contributed by atoms with Crippen molar-refractivity contribution in [3.05, 3.63) is 35.0 Å². The van der Waals surface area contributed by atoms with E-state index in [1.807, 2.05) is 31.5 Å². The fraction of sp³-hybridized carbons (Fsp3) is 0.429. The zero-order valence-electron chi connectivity index (χ0n) is 12.5. The molecule has 2 rings (SSSR count). The van der Waals surface area contributed by atoms with E-state index in [1.54, 1.807) is 6.20 Å². The van der Waals surface area contributed by atoms with Crippen LogP contribution in [0.15, 0.2) is 17.5 Å². The van der Waals surface area contributed by atoms with Gasteiger partial charge in [0.2, 0.25) is 0 Å². The number of hydrogen-bond donors (Lipinski definition) is 2. The first-order valence-corrected chi connectivity index (χ1v) is 7.06. The Hall–Kier alpha value is -2.44. The van der Waals surface area contributed by atoms with Gasteiger partial charge in [0.15, 0.2) is 11.7 Å². The second kappa shape index (κ2) is 6.34. The van der Waals surface area contributed by atoms with Gasteiger partial charge in [0.25, 0.3) is 0 Å². The van der Waals surface area contributed by atoms with E-state index in [9.17, 15) is 0 Å². The average molecular weight is 288 g/mol. The van der Waals surface area contributed by atoms with Gasteiger partial charge in [-0.3, -0.25) is 4.57 Å². The van der Waals surface area contributed by atoms with Crippen molar-refractivity contribution in [3.8, 4) is 5.82 Å². The van der Waals surface area contributed by atoms with Crippen molar-refractivity contribution < 1.29 is 5.21 Å². The normalized spacial score (nSPS) is 11.9. The molecule has 0 aliphatic heterocycles. The van der Waals surface area contributed by atoms with Crippen LogP contribution in [-0.2, 0) is 19.3 Å². The van der Waals surface area contributed by atoms with E-state index in [1.165, 1.54) is 0 Å². The summed E-state index contributed by atoms with van der Waals surface area (Å²) in [4.78, 5) is 4.29. The Bertz CT molecular complexity index is 661. The van der Waals surface area contributed by atoms with Gasteiger partial charge in [0.05, 0.1) is 11.3 Å². The summed E-state index contributed by atoms with van der Waals surface area (Å²) in [6, 6.07) is 0. The maximum Gasteiger partial charge on any atom is 0.174 e. The SMILES string of the molecule is CCc1nnc(-n2ccnc2CC)c(/C(N)=N/O)c1CC. The predicted molar refractivity (Wildman–Crippen MR) is 79.8 cm³/mol. The lowest BCUT2D eigenvalue weighted by molar-refractivity contribution is 0.318. The summed E-state index contributed by atoms with van der Waals surface area (Å²) >= 11 is 0. The van der Waals surface area contributed by atoms with Crippen molar-refractivity contribution in [1.82, 2.24) is 19.7 Å². The van der Waals surface area contributed by atoms with Crippen LogP contribution < -0.4 is 5.73 Å². The number of aromatic nitrogens is 4. The molecular formula is C14H20N6O.